The van der Waals surface area contributed by atoms with E-state index in [9.17, 15) is 27.6 Å². The number of allylic oxidation sites excluding steroid dienone is 2. The molecule has 4 bridgehead atoms. The Kier molecular flexibility index (Phi) is 10.9. The van der Waals surface area contributed by atoms with Gasteiger partial charge in [0.2, 0.25) is 27.7 Å². The summed E-state index contributed by atoms with van der Waals surface area (Å²) in [4.78, 5) is 62.5. The number of rotatable bonds is 9. The first-order valence-electron chi connectivity index (χ1n) is 19.4. The second-order valence-corrected chi connectivity index (χ2v) is 18.0. The molecule has 0 radical (unpaired) electrons. The van der Waals surface area contributed by atoms with Gasteiger partial charge < -0.3 is 19.1 Å². The Bertz CT molecular complexity index is 1950. The molecular formula is C41H51N3O9S. The number of nitrogens with one attached hydrogen (secondary N) is 1. The zero-order valence-electron chi connectivity index (χ0n) is 31.2. The van der Waals surface area contributed by atoms with Crippen LogP contribution in [0.4, 0.5) is 0 Å². The smallest absolute Gasteiger partial charge is 0.306 e. The fourth-order valence-electron chi connectivity index (χ4n) is 8.66. The van der Waals surface area contributed by atoms with E-state index in [0.717, 1.165) is 48.4 Å². The van der Waals surface area contributed by atoms with Gasteiger partial charge in [0.25, 0.3) is 0 Å². The Hall–Kier alpha value is -4.26. The third kappa shape index (κ3) is 7.92. The SMILES string of the molecule is C=C[C@H]1C[C@]1(CC(=O)[C@@H]1C[C@@H]2CN1C(=O)[C@H](C1CCCCC1)CC(=O)OC[C@@H](C)C/C=C/c1cc3c(nccc3cc1OC)O2)C(=O)NS(=O)(=O)C1CC1. The molecule has 12 nitrogen and oxygen atoms in total. The molecule has 1 aromatic heterocycles. The number of fused-ring (bicyclic) bond motifs is 3. The van der Waals surface area contributed by atoms with Gasteiger partial charge in [-0.2, -0.15) is 0 Å². The fraction of sp³-hybridized carbons (Fsp3) is 0.585. The minimum Gasteiger partial charge on any atom is -0.496 e. The second kappa shape index (κ2) is 15.5. The van der Waals surface area contributed by atoms with Gasteiger partial charge in [-0.25, -0.2) is 13.4 Å². The number of carbonyl (C=O) groups excluding carboxylic acids is 4. The van der Waals surface area contributed by atoms with Gasteiger partial charge in [0.05, 0.1) is 49.3 Å². The number of Topliss-reactive ketones (excluding diaryl/α,β-unsaturated/α-hetero) is 1. The fourth-order valence-corrected chi connectivity index (χ4v) is 10.0. The summed E-state index contributed by atoms with van der Waals surface area (Å²) in [5.74, 6) is -1.89. The quantitative estimate of drug-likeness (QED) is 0.254. The molecule has 1 saturated heterocycles. The summed E-state index contributed by atoms with van der Waals surface area (Å²) < 4.78 is 45.9. The van der Waals surface area contributed by atoms with E-state index in [0.29, 0.717) is 30.9 Å². The molecule has 7 rings (SSSR count). The summed E-state index contributed by atoms with van der Waals surface area (Å²) in [5, 5.41) is 0.989. The van der Waals surface area contributed by atoms with Crippen LogP contribution in [0.15, 0.2) is 43.1 Å². The first-order chi connectivity index (χ1) is 25.9. The van der Waals surface area contributed by atoms with E-state index in [4.69, 9.17) is 14.2 Å². The maximum absolute atomic E-state index is 14.8. The Balaban J connectivity index is 1.24. The van der Waals surface area contributed by atoms with Gasteiger partial charge in [-0.05, 0) is 79.9 Å². The first kappa shape index (κ1) is 38.0. The van der Waals surface area contributed by atoms with Crippen molar-refractivity contribution in [3.05, 3.63) is 48.7 Å². The molecule has 0 spiro atoms. The molecule has 1 N–H and O–H groups in total. The molecule has 1 aromatic carbocycles. The number of hydrogen-bond acceptors (Lipinski definition) is 10. The lowest BCUT2D eigenvalue weighted by molar-refractivity contribution is -0.153. The molecular weight excluding hydrogens is 711 g/mol. The number of hydrogen-bond donors (Lipinski definition) is 1. The number of ketones is 1. The van der Waals surface area contributed by atoms with Crippen LogP contribution >= 0.6 is 0 Å². The predicted octanol–water partition coefficient (Wildman–Crippen LogP) is 5.53. The molecule has 4 fully saturated rings. The van der Waals surface area contributed by atoms with Crippen molar-refractivity contribution in [2.24, 2.45) is 29.1 Å². The lowest BCUT2D eigenvalue weighted by Gasteiger charge is -2.34. The largest absolute Gasteiger partial charge is 0.496 e. The number of amides is 2. The van der Waals surface area contributed by atoms with Crippen LogP contribution < -0.4 is 14.2 Å². The maximum Gasteiger partial charge on any atom is 0.306 e. The summed E-state index contributed by atoms with van der Waals surface area (Å²) in [6.07, 6.45) is 12.8. The standard InChI is InChI=1S/C41H51N3O9S/c1-4-29-21-41(29,40(48)43-54(49,50)31-13-14-31)22-35(45)34-19-30-23-44(34)39(47)33(26-10-6-5-7-11-26)20-37(46)52-24-25(2)9-8-12-28-17-32-27(18-36(28)51-3)15-16-42-38(32)53-30/h4,8,12,15-18,25-26,29-31,33-34H,1,5-7,9-11,13-14,19-24H2,2-3H3,(H,43,48)/b12-8+/t25-,29-,30+,33-,34-,41+/m0/s1. The van der Waals surface area contributed by atoms with Gasteiger partial charge in [0.15, 0.2) is 5.78 Å². The highest BCUT2D eigenvalue weighted by molar-refractivity contribution is 7.90. The Morgan fingerprint density at radius 1 is 1.15 bits per heavy atom. The van der Waals surface area contributed by atoms with Crippen molar-refractivity contribution in [3.63, 3.8) is 0 Å². The Morgan fingerprint density at radius 2 is 1.93 bits per heavy atom. The minimum atomic E-state index is -3.85. The molecule has 13 heteroatoms. The Labute approximate surface area is 317 Å². The average Bonchev–Trinajstić information content (AvgIpc) is 4.09. The number of pyridine rings is 1. The van der Waals surface area contributed by atoms with E-state index >= 15 is 0 Å². The van der Waals surface area contributed by atoms with E-state index in [-0.39, 0.29) is 68.3 Å². The third-order valence-corrected chi connectivity index (χ3v) is 13.9. The zero-order valence-corrected chi connectivity index (χ0v) is 32.0. The lowest BCUT2D eigenvalue weighted by atomic mass is 9.77. The highest BCUT2D eigenvalue weighted by atomic mass is 32.2. The van der Waals surface area contributed by atoms with E-state index < -0.39 is 50.6 Å². The molecule has 3 aliphatic carbocycles. The number of sulfonamides is 1. The highest BCUT2D eigenvalue weighted by Crippen LogP contribution is 2.57. The second-order valence-electron chi connectivity index (χ2n) is 16.1. The number of aromatic nitrogens is 1. The molecule has 6 atom stereocenters. The van der Waals surface area contributed by atoms with Crippen molar-refractivity contribution in [3.8, 4) is 11.6 Å². The van der Waals surface area contributed by atoms with Gasteiger partial charge in [0.1, 0.15) is 11.9 Å². The topological polar surface area (TPSA) is 158 Å². The molecule has 2 amide bonds. The molecule has 290 valence electrons. The number of esters is 1. The molecule has 5 aliphatic rings. The first-order valence-corrected chi connectivity index (χ1v) is 20.9. The zero-order chi connectivity index (χ0) is 38.2. The normalized spacial score (nSPS) is 30.1. The average molecular weight is 762 g/mol. The van der Waals surface area contributed by atoms with Gasteiger partial charge >= 0.3 is 5.97 Å². The van der Waals surface area contributed by atoms with Crippen LogP contribution in [0.25, 0.3) is 16.8 Å². The summed E-state index contributed by atoms with van der Waals surface area (Å²) in [6.45, 7) is 6.12. The van der Waals surface area contributed by atoms with E-state index in [2.05, 4.69) is 16.3 Å². The van der Waals surface area contributed by atoms with E-state index in [1.165, 1.54) is 0 Å². The summed E-state index contributed by atoms with van der Waals surface area (Å²) in [5.41, 5.74) is -0.460. The van der Waals surface area contributed by atoms with Crippen molar-refractivity contribution in [2.45, 2.75) is 101 Å². The number of carbonyl (C=O) groups is 4. The van der Waals surface area contributed by atoms with Crippen molar-refractivity contribution >= 4 is 50.4 Å². The number of methoxy groups -OCH3 is 1. The molecule has 0 unspecified atom stereocenters. The number of ether oxygens (including phenoxy) is 3. The lowest BCUT2D eigenvalue weighted by Crippen LogP contribution is -2.48. The van der Waals surface area contributed by atoms with E-state index in [1.807, 2.05) is 37.3 Å². The van der Waals surface area contributed by atoms with Gasteiger partial charge in [-0.1, -0.05) is 44.4 Å². The van der Waals surface area contributed by atoms with Crippen LogP contribution in [0.2, 0.25) is 0 Å². The summed E-state index contributed by atoms with van der Waals surface area (Å²) in [7, 11) is -2.24. The molecule has 2 aliphatic heterocycles. The van der Waals surface area contributed by atoms with Crippen molar-refractivity contribution in [1.82, 2.24) is 14.6 Å². The number of nitrogens with zero attached hydrogens (tertiary/aromatic N) is 2. The van der Waals surface area contributed by atoms with Gasteiger partial charge in [0, 0.05) is 30.0 Å². The van der Waals surface area contributed by atoms with Crippen LogP contribution in [0.3, 0.4) is 0 Å². The van der Waals surface area contributed by atoms with Crippen LogP contribution in [-0.2, 0) is 33.9 Å². The monoisotopic (exact) mass is 761 g/mol. The summed E-state index contributed by atoms with van der Waals surface area (Å²) >= 11 is 0. The van der Waals surface area contributed by atoms with Crippen LogP contribution in [-0.4, -0.2) is 79.5 Å². The highest BCUT2D eigenvalue weighted by Gasteiger charge is 2.61. The maximum atomic E-state index is 14.8. The van der Waals surface area contributed by atoms with Crippen molar-refractivity contribution in [2.75, 3.05) is 20.3 Å². The van der Waals surface area contributed by atoms with Crippen LogP contribution in [0.5, 0.6) is 11.6 Å². The van der Waals surface area contributed by atoms with Crippen LogP contribution in [0, 0.1) is 29.1 Å². The van der Waals surface area contributed by atoms with Crippen LogP contribution in [0.1, 0.15) is 89.5 Å². The Morgan fingerprint density at radius 3 is 2.63 bits per heavy atom. The minimum absolute atomic E-state index is 0.0202. The molecule has 3 heterocycles. The predicted molar refractivity (Wildman–Crippen MR) is 202 cm³/mol. The molecule has 54 heavy (non-hydrogen) atoms. The number of cyclic esters (lactones) is 1. The molecule has 2 aromatic rings. The number of benzene rings is 1. The van der Waals surface area contributed by atoms with Gasteiger partial charge in [-0.3, -0.25) is 23.9 Å². The van der Waals surface area contributed by atoms with E-state index in [1.54, 1.807) is 24.3 Å². The molecule has 3 saturated carbocycles. The summed E-state index contributed by atoms with van der Waals surface area (Å²) in [6, 6.07) is 4.77. The van der Waals surface area contributed by atoms with Crippen molar-refractivity contribution < 1.29 is 41.8 Å². The van der Waals surface area contributed by atoms with Crippen molar-refractivity contribution in [1.29, 1.82) is 0 Å². The third-order valence-electron chi connectivity index (χ3n) is 12.1. The van der Waals surface area contributed by atoms with Gasteiger partial charge in [-0.15, -0.1) is 6.58 Å².